The van der Waals surface area contributed by atoms with Crippen molar-refractivity contribution < 1.29 is 9.53 Å². The van der Waals surface area contributed by atoms with Gasteiger partial charge in [0.1, 0.15) is 5.75 Å². The third-order valence-corrected chi connectivity index (χ3v) is 3.74. The van der Waals surface area contributed by atoms with Crippen molar-refractivity contribution in [2.45, 2.75) is 27.7 Å². The van der Waals surface area contributed by atoms with E-state index >= 15 is 0 Å². The predicted molar refractivity (Wildman–Crippen MR) is 102 cm³/mol. The van der Waals surface area contributed by atoms with Crippen LogP contribution in [0, 0.1) is 20.8 Å². The molecule has 0 radical (unpaired) electrons. The number of anilines is 1. The van der Waals surface area contributed by atoms with Crippen LogP contribution >= 0.6 is 0 Å². The second kappa shape index (κ2) is 8.87. The van der Waals surface area contributed by atoms with E-state index in [9.17, 15) is 4.79 Å². The maximum absolute atomic E-state index is 11.9. The number of nitrogens with zero attached hydrogens (tertiary/aromatic N) is 1. The highest BCUT2D eigenvalue weighted by Gasteiger charge is 2.03. The Balaban J connectivity index is 1.84. The Hall–Kier alpha value is -2.82. The molecular weight excluding hydrogens is 314 g/mol. The molecule has 1 amide bonds. The second-order valence-electron chi connectivity index (χ2n) is 5.92. The molecule has 2 aromatic rings. The molecule has 0 atom stereocenters. The van der Waals surface area contributed by atoms with Gasteiger partial charge in [0.05, 0.1) is 19.4 Å². The van der Waals surface area contributed by atoms with E-state index in [4.69, 9.17) is 4.74 Å². The van der Waals surface area contributed by atoms with Gasteiger partial charge in [-0.15, -0.1) is 0 Å². The summed E-state index contributed by atoms with van der Waals surface area (Å²) in [6.45, 7) is 8.86. The molecule has 25 heavy (non-hydrogen) atoms. The number of ether oxygens (including phenoxy) is 1. The van der Waals surface area contributed by atoms with Gasteiger partial charge in [-0.05, 0) is 63.1 Å². The molecule has 0 bridgehead atoms. The quantitative estimate of drug-likeness (QED) is 0.599. The lowest BCUT2D eigenvalue weighted by Gasteiger charge is -2.08. The molecule has 132 valence electrons. The lowest BCUT2D eigenvalue weighted by atomic mass is 10.0. The van der Waals surface area contributed by atoms with Gasteiger partial charge in [-0.2, -0.15) is 5.10 Å². The molecule has 0 saturated carbocycles. The monoisotopic (exact) mass is 339 g/mol. The summed E-state index contributed by atoms with van der Waals surface area (Å²) in [4.78, 5) is 11.9. The third kappa shape index (κ3) is 5.64. The zero-order valence-electron chi connectivity index (χ0n) is 15.2. The summed E-state index contributed by atoms with van der Waals surface area (Å²) in [6, 6.07) is 11.7. The Kier molecular flexibility index (Phi) is 6.57. The first-order chi connectivity index (χ1) is 12.0. The molecule has 0 fully saturated rings. The van der Waals surface area contributed by atoms with Crippen LogP contribution in [0.5, 0.6) is 5.75 Å². The fraction of sp³-hybridized carbons (Fsp3) is 0.300. The lowest BCUT2D eigenvalue weighted by molar-refractivity contribution is -0.119. The Morgan fingerprint density at radius 1 is 1.12 bits per heavy atom. The summed E-state index contributed by atoms with van der Waals surface area (Å²) in [5.74, 6) is 0.610. The van der Waals surface area contributed by atoms with Crippen molar-refractivity contribution in [3.63, 3.8) is 0 Å². The molecule has 0 aromatic heterocycles. The number of amides is 1. The van der Waals surface area contributed by atoms with Crippen LogP contribution < -0.4 is 15.5 Å². The number of hydrogen-bond acceptors (Lipinski definition) is 4. The van der Waals surface area contributed by atoms with E-state index in [0.717, 1.165) is 28.1 Å². The molecule has 5 heteroatoms. The van der Waals surface area contributed by atoms with E-state index in [-0.39, 0.29) is 12.5 Å². The van der Waals surface area contributed by atoms with Crippen LogP contribution in [-0.2, 0) is 4.79 Å². The van der Waals surface area contributed by atoms with Gasteiger partial charge in [0.2, 0.25) is 0 Å². The zero-order chi connectivity index (χ0) is 18.2. The number of hydrogen-bond donors (Lipinski definition) is 2. The summed E-state index contributed by atoms with van der Waals surface area (Å²) in [5, 5.41) is 7.11. The number of aryl methyl sites for hydroxylation is 3. The summed E-state index contributed by atoms with van der Waals surface area (Å²) in [6.07, 6.45) is 1.69. The van der Waals surface area contributed by atoms with E-state index in [2.05, 4.69) is 34.9 Å². The number of nitrogens with one attached hydrogen (secondary N) is 2. The Morgan fingerprint density at radius 3 is 2.36 bits per heavy atom. The number of benzene rings is 2. The van der Waals surface area contributed by atoms with Gasteiger partial charge in [-0.1, -0.05) is 17.7 Å². The maximum atomic E-state index is 11.9. The van der Waals surface area contributed by atoms with Gasteiger partial charge in [-0.25, -0.2) is 5.43 Å². The van der Waals surface area contributed by atoms with Crippen molar-refractivity contribution in [2.24, 2.45) is 5.10 Å². The average Bonchev–Trinajstić information content (AvgIpc) is 2.57. The van der Waals surface area contributed by atoms with Crippen molar-refractivity contribution in [1.82, 2.24) is 5.43 Å². The van der Waals surface area contributed by atoms with E-state index in [1.165, 1.54) is 5.56 Å². The topological polar surface area (TPSA) is 62.7 Å². The average molecular weight is 339 g/mol. The first kappa shape index (κ1) is 18.5. The minimum absolute atomic E-state index is 0.150. The molecule has 0 spiro atoms. The standard InChI is InChI=1S/C20H25N3O2/c1-5-25-18-8-6-17(7-9-18)21-13-20(24)23-22-12-19-15(3)10-14(2)11-16(19)4/h6-12,21H,5,13H2,1-4H3,(H,23,24)/b22-12-. The van der Waals surface area contributed by atoms with Crippen LogP contribution in [0.1, 0.15) is 29.2 Å². The highest BCUT2D eigenvalue weighted by molar-refractivity contribution is 5.86. The molecule has 0 unspecified atom stereocenters. The molecule has 0 aliphatic carbocycles. The van der Waals surface area contributed by atoms with Crippen LogP contribution in [0.25, 0.3) is 0 Å². The van der Waals surface area contributed by atoms with Crippen molar-refractivity contribution in [3.05, 3.63) is 58.7 Å². The van der Waals surface area contributed by atoms with Crippen LogP contribution in [0.3, 0.4) is 0 Å². The van der Waals surface area contributed by atoms with Gasteiger partial charge in [-0.3, -0.25) is 4.79 Å². The predicted octanol–water partition coefficient (Wildman–Crippen LogP) is 3.57. The number of hydrazone groups is 1. The number of carbonyl (C=O) groups is 1. The minimum Gasteiger partial charge on any atom is -0.494 e. The van der Waals surface area contributed by atoms with Crippen molar-refractivity contribution in [2.75, 3.05) is 18.5 Å². The molecule has 5 nitrogen and oxygen atoms in total. The molecule has 0 heterocycles. The van der Waals surface area contributed by atoms with Gasteiger partial charge in [0.25, 0.3) is 5.91 Å². The first-order valence-corrected chi connectivity index (χ1v) is 8.36. The van der Waals surface area contributed by atoms with Crippen LogP contribution in [0.4, 0.5) is 5.69 Å². The van der Waals surface area contributed by atoms with Crippen LogP contribution in [0.15, 0.2) is 41.5 Å². The van der Waals surface area contributed by atoms with E-state index in [1.54, 1.807) is 6.21 Å². The van der Waals surface area contributed by atoms with E-state index < -0.39 is 0 Å². The van der Waals surface area contributed by atoms with Gasteiger partial charge in [0, 0.05) is 11.3 Å². The fourth-order valence-corrected chi connectivity index (χ4v) is 2.62. The largest absolute Gasteiger partial charge is 0.494 e. The highest BCUT2D eigenvalue weighted by atomic mass is 16.5. The molecular formula is C20H25N3O2. The van der Waals surface area contributed by atoms with Gasteiger partial charge < -0.3 is 10.1 Å². The van der Waals surface area contributed by atoms with Crippen molar-refractivity contribution in [1.29, 1.82) is 0 Å². The van der Waals surface area contributed by atoms with Gasteiger partial charge in [0.15, 0.2) is 0 Å². The summed E-state index contributed by atoms with van der Waals surface area (Å²) < 4.78 is 5.38. The smallest absolute Gasteiger partial charge is 0.259 e. The fourth-order valence-electron chi connectivity index (χ4n) is 2.62. The van der Waals surface area contributed by atoms with Crippen LogP contribution in [-0.4, -0.2) is 25.3 Å². The summed E-state index contributed by atoms with van der Waals surface area (Å²) >= 11 is 0. The van der Waals surface area contributed by atoms with E-state index in [1.807, 2.05) is 45.0 Å². The Bertz CT molecular complexity index is 729. The first-order valence-electron chi connectivity index (χ1n) is 8.36. The van der Waals surface area contributed by atoms with Crippen molar-refractivity contribution >= 4 is 17.8 Å². The lowest BCUT2D eigenvalue weighted by Crippen LogP contribution is -2.25. The molecule has 2 N–H and O–H groups in total. The zero-order valence-corrected chi connectivity index (χ0v) is 15.2. The third-order valence-electron chi connectivity index (χ3n) is 3.74. The van der Waals surface area contributed by atoms with E-state index in [0.29, 0.717) is 6.61 Å². The number of carbonyl (C=O) groups excluding carboxylic acids is 1. The summed E-state index contributed by atoms with van der Waals surface area (Å²) in [5.41, 5.74) is 7.93. The molecule has 0 aliphatic heterocycles. The van der Waals surface area contributed by atoms with Crippen molar-refractivity contribution in [3.8, 4) is 5.75 Å². The summed E-state index contributed by atoms with van der Waals surface area (Å²) in [7, 11) is 0. The normalized spacial score (nSPS) is 10.7. The Morgan fingerprint density at radius 2 is 1.76 bits per heavy atom. The minimum atomic E-state index is -0.201. The number of rotatable bonds is 7. The molecule has 2 rings (SSSR count). The maximum Gasteiger partial charge on any atom is 0.259 e. The molecule has 0 aliphatic rings. The SMILES string of the molecule is CCOc1ccc(NCC(=O)N/N=C\c2c(C)cc(C)cc2C)cc1. The molecule has 0 saturated heterocycles. The van der Waals surface area contributed by atoms with Gasteiger partial charge >= 0.3 is 0 Å². The second-order valence-corrected chi connectivity index (χ2v) is 5.92. The Labute approximate surface area is 149 Å². The van der Waals surface area contributed by atoms with Crippen LogP contribution in [0.2, 0.25) is 0 Å². The highest BCUT2D eigenvalue weighted by Crippen LogP contribution is 2.15. The molecule has 2 aromatic carbocycles.